The Labute approximate surface area is 215 Å². The summed E-state index contributed by atoms with van der Waals surface area (Å²) in [6, 6.07) is 17.2. The van der Waals surface area contributed by atoms with Crippen LogP contribution >= 0.6 is 24.0 Å². The van der Waals surface area contributed by atoms with Crippen molar-refractivity contribution in [3.8, 4) is 0 Å². The summed E-state index contributed by atoms with van der Waals surface area (Å²) in [4.78, 5) is 42.8. The highest BCUT2D eigenvalue weighted by atomic mass is 32.2. The first-order valence-corrected chi connectivity index (χ1v) is 13.2. The van der Waals surface area contributed by atoms with Crippen molar-refractivity contribution >= 4 is 57.3 Å². The predicted octanol–water partition coefficient (Wildman–Crippen LogP) is 4.54. The molecule has 4 rings (SSSR count). The third kappa shape index (κ3) is 5.65. The maximum Gasteiger partial charge on any atom is 0.267 e. The number of para-hydroxylation sites is 1. The Balaban J connectivity index is 1.48. The van der Waals surface area contributed by atoms with Gasteiger partial charge in [0.05, 0.1) is 16.2 Å². The molecule has 0 aliphatic carbocycles. The smallest absolute Gasteiger partial charge is 0.267 e. The SMILES string of the molecule is CCCCCCN1C(=O)/C(=C2/C(=O)N(CC(=O)NCCc3ccccc3)c3ccccc32)SC1=S. The van der Waals surface area contributed by atoms with Gasteiger partial charge in [0, 0.05) is 18.7 Å². The van der Waals surface area contributed by atoms with Gasteiger partial charge in [-0.1, -0.05) is 98.7 Å². The molecular formula is C27H29N3O3S2. The minimum Gasteiger partial charge on any atom is -0.354 e. The summed E-state index contributed by atoms with van der Waals surface area (Å²) in [6.45, 7) is 3.08. The van der Waals surface area contributed by atoms with Crippen molar-refractivity contribution < 1.29 is 14.4 Å². The fourth-order valence-corrected chi connectivity index (χ4v) is 5.67. The van der Waals surface area contributed by atoms with Crippen LogP contribution in [0.1, 0.15) is 43.7 Å². The van der Waals surface area contributed by atoms with Crippen LogP contribution in [0.2, 0.25) is 0 Å². The number of carbonyl (C=O) groups excluding carboxylic acids is 3. The molecule has 2 aliphatic heterocycles. The van der Waals surface area contributed by atoms with E-state index in [1.54, 1.807) is 4.90 Å². The summed E-state index contributed by atoms with van der Waals surface area (Å²) in [6.07, 6.45) is 4.85. The van der Waals surface area contributed by atoms with Crippen molar-refractivity contribution in [2.24, 2.45) is 0 Å². The van der Waals surface area contributed by atoms with Gasteiger partial charge in [-0.15, -0.1) is 0 Å². The Morgan fingerprint density at radius 1 is 0.943 bits per heavy atom. The molecule has 2 aromatic rings. The van der Waals surface area contributed by atoms with Gasteiger partial charge in [0.15, 0.2) is 0 Å². The summed E-state index contributed by atoms with van der Waals surface area (Å²) in [5.74, 6) is -0.798. The van der Waals surface area contributed by atoms with E-state index in [2.05, 4.69) is 12.2 Å². The van der Waals surface area contributed by atoms with Crippen LogP contribution < -0.4 is 10.2 Å². The number of fused-ring (bicyclic) bond motifs is 1. The summed E-state index contributed by atoms with van der Waals surface area (Å²) >= 11 is 6.66. The molecule has 1 N–H and O–H groups in total. The van der Waals surface area contributed by atoms with Gasteiger partial charge in [-0.05, 0) is 24.5 Å². The van der Waals surface area contributed by atoms with Crippen molar-refractivity contribution in [3.63, 3.8) is 0 Å². The van der Waals surface area contributed by atoms with Crippen molar-refractivity contribution in [3.05, 3.63) is 70.6 Å². The van der Waals surface area contributed by atoms with Gasteiger partial charge in [0.25, 0.3) is 11.8 Å². The van der Waals surface area contributed by atoms with E-state index in [9.17, 15) is 14.4 Å². The van der Waals surface area contributed by atoms with Crippen LogP contribution in [0.4, 0.5) is 5.69 Å². The molecule has 2 aliphatic rings. The quantitative estimate of drug-likeness (QED) is 0.290. The van der Waals surface area contributed by atoms with Gasteiger partial charge < -0.3 is 5.32 Å². The van der Waals surface area contributed by atoms with E-state index in [0.29, 0.717) is 45.6 Å². The van der Waals surface area contributed by atoms with E-state index in [-0.39, 0.29) is 24.3 Å². The summed E-state index contributed by atoms with van der Waals surface area (Å²) in [7, 11) is 0. The largest absolute Gasteiger partial charge is 0.354 e. The Kier molecular flexibility index (Phi) is 8.36. The topological polar surface area (TPSA) is 69.7 Å². The third-order valence-electron chi connectivity index (χ3n) is 6.12. The zero-order valence-corrected chi connectivity index (χ0v) is 21.4. The number of amides is 3. The molecule has 0 bridgehead atoms. The molecule has 0 spiro atoms. The van der Waals surface area contributed by atoms with Gasteiger partial charge in [-0.3, -0.25) is 24.2 Å². The fourth-order valence-electron chi connectivity index (χ4n) is 4.29. The maximum absolute atomic E-state index is 13.5. The summed E-state index contributed by atoms with van der Waals surface area (Å²) in [5.41, 5.74) is 2.78. The molecule has 6 nitrogen and oxygen atoms in total. The highest BCUT2D eigenvalue weighted by Crippen LogP contribution is 2.44. The molecule has 0 unspecified atom stereocenters. The summed E-state index contributed by atoms with van der Waals surface area (Å²) in [5, 5.41) is 2.90. The van der Waals surface area contributed by atoms with E-state index < -0.39 is 0 Å². The monoisotopic (exact) mass is 507 g/mol. The molecule has 3 amide bonds. The van der Waals surface area contributed by atoms with Crippen LogP contribution in [0.5, 0.6) is 0 Å². The van der Waals surface area contributed by atoms with Gasteiger partial charge >= 0.3 is 0 Å². The van der Waals surface area contributed by atoms with Crippen molar-refractivity contribution in [1.29, 1.82) is 0 Å². The minimum absolute atomic E-state index is 0.106. The molecule has 0 atom stereocenters. The fraction of sp³-hybridized carbons (Fsp3) is 0.333. The Bertz CT molecular complexity index is 1160. The number of nitrogens with one attached hydrogen (secondary N) is 1. The van der Waals surface area contributed by atoms with Crippen LogP contribution in [0, 0.1) is 0 Å². The molecule has 0 aromatic heterocycles. The first kappa shape index (κ1) is 25.1. The second-order valence-corrected chi connectivity index (χ2v) is 10.2. The normalized spacial score (nSPS) is 17.3. The molecule has 182 valence electrons. The molecule has 8 heteroatoms. The number of hydrogen-bond donors (Lipinski definition) is 1. The molecule has 1 saturated heterocycles. The van der Waals surface area contributed by atoms with Gasteiger partial charge in [0.1, 0.15) is 10.9 Å². The molecule has 2 heterocycles. The lowest BCUT2D eigenvalue weighted by Gasteiger charge is -2.17. The van der Waals surface area contributed by atoms with Crippen LogP contribution in [-0.2, 0) is 20.8 Å². The number of unbranched alkanes of at least 4 members (excludes halogenated alkanes) is 3. The lowest BCUT2D eigenvalue weighted by Crippen LogP contribution is -2.39. The predicted molar refractivity (Wildman–Crippen MR) is 145 cm³/mol. The number of hydrogen-bond acceptors (Lipinski definition) is 5. The number of thiocarbonyl (C=S) groups is 1. The molecule has 1 fully saturated rings. The lowest BCUT2D eigenvalue weighted by atomic mass is 10.1. The number of carbonyl (C=O) groups is 3. The number of thioether (sulfide) groups is 1. The summed E-state index contributed by atoms with van der Waals surface area (Å²) < 4.78 is 0.483. The number of anilines is 1. The minimum atomic E-state index is -0.337. The van der Waals surface area contributed by atoms with Crippen molar-refractivity contribution in [1.82, 2.24) is 10.2 Å². The van der Waals surface area contributed by atoms with E-state index in [1.807, 2.05) is 54.6 Å². The van der Waals surface area contributed by atoms with Crippen LogP contribution in [0.15, 0.2) is 59.5 Å². The van der Waals surface area contributed by atoms with E-state index in [0.717, 1.165) is 31.2 Å². The second-order valence-electron chi connectivity index (χ2n) is 8.58. The number of rotatable bonds is 10. The number of nitrogens with zero attached hydrogens (tertiary/aromatic N) is 2. The van der Waals surface area contributed by atoms with E-state index >= 15 is 0 Å². The molecule has 2 aromatic carbocycles. The van der Waals surface area contributed by atoms with Crippen molar-refractivity contribution in [2.75, 3.05) is 24.5 Å². The Morgan fingerprint density at radius 3 is 2.46 bits per heavy atom. The molecular weight excluding hydrogens is 478 g/mol. The highest BCUT2D eigenvalue weighted by Gasteiger charge is 2.42. The van der Waals surface area contributed by atoms with Crippen molar-refractivity contribution in [2.45, 2.75) is 39.0 Å². The molecule has 0 saturated carbocycles. The Morgan fingerprint density at radius 2 is 1.69 bits per heavy atom. The zero-order valence-electron chi connectivity index (χ0n) is 19.8. The van der Waals surface area contributed by atoms with E-state index in [4.69, 9.17) is 12.2 Å². The van der Waals surface area contributed by atoms with Gasteiger partial charge in [-0.2, -0.15) is 0 Å². The standard InChI is InChI=1S/C27H29N3O3S2/c1-2-3-4-10-17-29-26(33)24(35-27(29)34)23-20-13-8-9-14-21(20)30(25(23)32)18-22(31)28-16-15-19-11-6-5-7-12-19/h5-9,11-14H,2-4,10,15-18H2,1H3,(H,28,31)/b24-23-. The number of benzene rings is 2. The highest BCUT2D eigenvalue weighted by molar-refractivity contribution is 8.26. The van der Waals surface area contributed by atoms with Gasteiger partial charge in [0.2, 0.25) is 5.91 Å². The maximum atomic E-state index is 13.5. The van der Waals surface area contributed by atoms with Gasteiger partial charge in [-0.25, -0.2) is 0 Å². The Hall–Kier alpha value is -2.97. The van der Waals surface area contributed by atoms with Crippen LogP contribution in [0.3, 0.4) is 0 Å². The molecule has 0 radical (unpaired) electrons. The lowest BCUT2D eigenvalue weighted by molar-refractivity contribution is -0.122. The zero-order chi connectivity index (χ0) is 24.8. The van der Waals surface area contributed by atoms with Crippen LogP contribution in [0.25, 0.3) is 5.57 Å². The second kappa shape index (κ2) is 11.6. The molecule has 35 heavy (non-hydrogen) atoms. The average molecular weight is 508 g/mol. The van der Waals surface area contributed by atoms with Crippen LogP contribution in [-0.4, -0.2) is 46.6 Å². The third-order valence-corrected chi connectivity index (χ3v) is 7.56. The van der Waals surface area contributed by atoms with E-state index in [1.165, 1.54) is 16.7 Å². The first-order valence-electron chi connectivity index (χ1n) is 12.0. The first-order chi connectivity index (χ1) is 17.0. The average Bonchev–Trinajstić information content (AvgIpc) is 3.29.